The van der Waals surface area contributed by atoms with E-state index in [4.69, 9.17) is 4.74 Å². The van der Waals surface area contributed by atoms with Gasteiger partial charge in [-0.2, -0.15) is 0 Å². The van der Waals surface area contributed by atoms with Crippen LogP contribution in [-0.4, -0.2) is 25.4 Å². The molecule has 2 aromatic rings. The third-order valence-corrected chi connectivity index (χ3v) is 4.56. The largest absolute Gasteiger partial charge is 0.497 e. The zero-order chi connectivity index (χ0) is 14.1. The minimum Gasteiger partial charge on any atom is -0.497 e. The zero-order valence-electron chi connectivity index (χ0n) is 11.5. The highest BCUT2D eigenvalue weighted by Crippen LogP contribution is 2.44. The molecule has 1 saturated carbocycles. The topological polar surface area (TPSA) is 42.4 Å². The summed E-state index contributed by atoms with van der Waals surface area (Å²) in [5.41, 5.74) is 2.00. The molecule has 0 N–H and O–H groups in total. The van der Waals surface area contributed by atoms with Crippen molar-refractivity contribution in [2.75, 3.05) is 19.1 Å². The molecule has 0 atom stereocenters. The molecule has 1 heterocycles. The molecule has 1 aromatic heterocycles. The Morgan fingerprint density at radius 2 is 2.05 bits per heavy atom. The number of methoxy groups -OCH3 is 1. The summed E-state index contributed by atoms with van der Waals surface area (Å²) < 4.78 is 5.16. The number of thiazole rings is 1. The summed E-state index contributed by atoms with van der Waals surface area (Å²) in [6.45, 7) is 0. The van der Waals surface area contributed by atoms with Gasteiger partial charge in [-0.3, -0.25) is 4.79 Å². The van der Waals surface area contributed by atoms with Crippen molar-refractivity contribution in [1.82, 2.24) is 4.98 Å². The summed E-state index contributed by atoms with van der Waals surface area (Å²) in [7, 11) is 3.61. The number of anilines is 2. The average Bonchev–Trinajstić information content (AvgIpc) is 3.25. The molecule has 1 aliphatic rings. The maximum atomic E-state index is 11.2. The van der Waals surface area contributed by atoms with Crippen molar-refractivity contribution < 1.29 is 9.53 Å². The number of rotatable bonds is 5. The second-order valence-electron chi connectivity index (χ2n) is 4.90. The van der Waals surface area contributed by atoms with E-state index in [1.165, 1.54) is 11.3 Å². The quantitative estimate of drug-likeness (QED) is 0.788. The van der Waals surface area contributed by atoms with Crippen LogP contribution in [0.2, 0.25) is 0 Å². The third-order valence-electron chi connectivity index (χ3n) is 3.49. The minimum atomic E-state index is 0.490. The Labute approximate surface area is 122 Å². The fourth-order valence-corrected chi connectivity index (χ4v) is 3.07. The molecule has 1 fully saturated rings. The predicted molar refractivity (Wildman–Crippen MR) is 80.5 cm³/mol. The van der Waals surface area contributed by atoms with Crippen LogP contribution in [0.4, 0.5) is 10.8 Å². The molecule has 104 valence electrons. The first kappa shape index (κ1) is 13.1. The van der Waals surface area contributed by atoms with E-state index < -0.39 is 0 Å². The maximum Gasteiger partial charge on any atom is 0.190 e. The van der Waals surface area contributed by atoms with Crippen LogP contribution in [0.3, 0.4) is 0 Å². The Morgan fingerprint density at radius 3 is 2.60 bits per heavy atom. The molecule has 4 nitrogen and oxygen atoms in total. The summed E-state index contributed by atoms with van der Waals surface area (Å²) in [5.74, 6) is 1.32. The van der Waals surface area contributed by atoms with Crippen molar-refractivity contribution in [1.29, 1.82) is 0 Å². The van der Waals surface area contributed by atoms with Gasteiger partial charge in [-0.25, -0.2) is 4.98 Å². The molecular formula is C15H16N2O2S. The lowest BCUT2D eigenvalue weighted by Gasteiger charge is -2.16. The molecule has 0 amide bonds. The molecule has 5 heteroatoms. The number of ether oxygens (including phenoxy) is 1. The van der Waals surface area contributed by atoms with Gasteiger partial charge in [-0.1, -0.05) is 11.3 Å². The van der Waals surface area contributed by atoms with Crippen molar-refractivity contribution >= 4 is 28.4 Å². The first-order valence-electron chi connectivity index (χ1n) is 6.56. The number of carbonyl (C=O) groups is 1. The molecule has 1 aliphatic carbocycles. The standard InChI is InChI=1S/C15H16N2O2S/c1-17(11-5-7-12(19-2)8-6-11)15-16-14(10-3-4-10)13(9-18)20-15/h5-10H,3-4H2,1-2H3. The first-order valence-corrected chi connectivity index (χ1v) is 7.38. The maximum absolute atomic E-state index is 11.2. The molecule has 0 bridgehead atoms. The molecule has 3 rings (SSSR count). The van der Waals surface area contributed by atoms with Gasteiger partial charge in [-0.15, -0.1) is 0 Å². The average molecular weight is 288 g/mol. The van der Waals surface area contributed by atoms with Crippen LogP contribution in [0.5, 0.6) is 5.75 Å². The van der Waals surface area contributed by atoms with Crippen LogP contribution in [0.1, 0.15) is 34.1 Å². The number of carbonyl (C=O) groups excluding carboxylic acids is 1. The van der Waals surface area contributed by atoms with E-state index in [9.17, 15) is 4.79 Å². The van der Waals surface area contributed by atoms with Gasteiger partial charge < -0.3 is 9.64 Å². The number of aldehydes is 1. The molecular weight excluding hydrogens is 272 g/mol. The Kier molecular flexibility index (Phi) is 3.44. The molecule has 0 spiro atoms. The van der Waals surface area contributed by atoms with E-state index in [1.54, 1.807) is 7.11 Å². The number of benzene rings is 1. The molecule has 0 aliphatic heterocycles. The summed E-state index contributed by atoms with van der Waals surface area (Å²) in [4.78, 5) is 18.6. The van der Waals surface area contributed by atoms with Crippen molar-refractivity contribution in [3.8, 4) is 5.75 Å². The van der Waals surface area contributed by atoms with Gasteiger partial charge in [0.05, 0.1) is 17.7 Å². The van der Waals surface area contributed by atoms with Crippen LogP contribution in [0.15, 0.2) is 24.3 Å². The van der Waals surface area contributed by atoms with Crippen LogP contribution in [-0.2, 0) is 0 Å². The fraction of sp³-hybridized carbons (Fsp3) is 0.333. The van der Waals surface area contributed by atoms with Gasteiger partial charge >= 0.3 is 0 Å². The van der Waals surface area contributed by atoms with E-state index in [0.29, 0.717) is 5.92 Å². The summed E-state index contributed by atoms with van der Waals surface area (Å²) in [5, 5.41) is 0.860. The normalized spacial score (nSPS) is 14.1. The number of hydrogen-bond donors (Lipinski definition) is 0. The number of nitrogens with zero attached hydrogens (tertiary/aromatic N) is 2. The summed E-state index contributed by atoms with van der Waals surface area (Å²) in [6, 6.07) is 7.80. The first-order chi connectivity index (χ1) is 9.72. The van der Waals surface area contributed by atoms with Crippen LogP contribution in [0, 0.1) is 0 Å². The Hall–Kier alpha value is -1.88. The van der Waals surface area contributed by atoms with Crippen molar-refractivity contribution in [2.45, 2.75) is 18.8 Å². The second-order valence-corrected chi connectivity index (χ2v) is 5.90. The van der Waals surface area contributed by atoms with Gasteiger partial charge in [0, 0.05) is 18.7 Å². The van der Waals surface area contributed by atoms with E-state index >= 15 is 0 Å². The van der Waals surface area contributed by atoms with Gasteiger partial charge in [0.2, 0.25) is 0 Å². The van der Waals surface area contributed by atoms with E-state index in [-0.39, 0.29) is 0 Å². The van der Waals surface area contributed by atoms with E-state index in [2.05, 4.69) is 4.98 Å². The number of hydrogen-bond acceptors (Lipinski definition) is 5. The highest BCUT2D eigenvalue weighted by atomic mass is 32.1. The van der Waals surface area contributed by atoms with Crippen LogP contribution >= 0.6 is 11.3 Å². The predicted octanol–water partition coefficient (Wildman–Crippen LogP) is 3.61. The Bertz CT molecular complexity index is 617. The monoisotopic (exact) mass is 288 g/mol. The summed E-state index contributed by atoms with van der Waals surface area (Å²) >= 11 is 1.46. The lowest BCUT2D eigenvalue weighted by atomic mass is 10.2. The highest BCUT2D eigenvalue weighted by Gasteiger charge is 2.30. The number of aromatic nitrogens is 1. The third kappa shape index (κ3) is 2.41. The fourth-order valence-electron chi connectivity index (χ4n) is 2.12. The SMILES string of the molecule is COc1ccc(N(C)c2nc(C3CC3)c(C=O)s2)cc1. The van der Waals surface area contributed by atoms with Gasteiger partial charge in [0.1, 0.15) is 5.75 Å². The summed E-state index contributed by atoms with van der Waals surface area (Å²) in [6.07, 6.45) is 3.23. The Balaban J connectivity index is 1.88. The lowest BCUT2D eigenvalue weighted by Crippen LogP contribution is -2.08. The molecule has 0 saturated heterocycles. The van der Waals surface area contributed by atoms with Gasteiger partial charge in [0.15, 0.2) is 11.4 Å². The van der Waals surface area contributed by atoms with Crippen molar-refractivity contribution in [3.05, 3.63) is 34.8 Å². The van der Waals surface area contributed by atoms with Crippen molar-refractivity contribution in [3.63, 3.8) is 0 Å². The zero-order valence-corrected chi connectivity index (χ0v) is 12.3. The molecule has 0 unspecified atom stereocenters. The lowest BCUT2D eigenvalue weighted by molar-refractivity contribution is 0.112. The molecule has 0 radical (unpaired) electrons. The molecule has 1 aromatic carbocycles. The van der Waals surface area contributed by atoms with Gasteiger partial charge in [-0.05, 0) is 37.1 Å². The molecule has 20 heavy (non-hydrogen) atoms. The Morgan fingerprint density at radius 1 is 1.35 bits per heavy atom. The minimum absolute atomic E-state index is 0.490. The van der Waals surface area contributed by atoms with Crippen molar-refractivity contribution in [2.24, 2.45) is 0 Å². The van der Waals surface area contributed by atoms with Crippen LogP contribution < -0.4 is 9.64 Å². The van der Waals surface area contributed by atoms with Gasteiger partial charge in [0.25, 0.3) is 0 Å². The van der Waals surface area contributed by atoms with E-state index in [1.807, 2.05) is 36.2 Å². The van der Waals surface area contributed by atoms with E-state index in [0.717, 1.165) is 46.3 Å². The highest BCUT2D eigenvalue weighted by molar-refractivity contribution is 7.17. The second kappa shape index (κ2) is 5.25. The smallest absolute Gasteiger partial charge is 0.190 e. The van der Waals surface area contributed by atoms with Crippen LogP contribution in [0.25, 0.3) is 0 Å².